The number of pyridine rings is 1. The Balaban J connectivity index is 1.97. The summed E-state index contributed by atoms with van der Waals surface area (Å²) in [5, 5.41) is 14.0. The van der Waals surface area contributed by atoms with E-state index in [0.29, 0.717) is 29.1 Å². The summed E-state index contributed by atoms with van der Waals surface area (Å²) >= 11 is 0. The van der Waals surface area contributed by atoms with Crippen LogP contribution in [0.2, 0.25) is 0 Å². The maximum Gasteiger partial charge on any atom is 0.337 e. The molecule has 2 heterocycles. The summed E-state index contributed by atoms with van der Waals surface area (Å²) in [5.74, 6) is 0.388. The van der Waals surface area contributed by atoms with Crippen molar-refractivity contribution < 1.29 is 19.4 Å². The molecular weight excluding hydrogens is 298 g/mol. The Morgan fingerprint density at radius 2 is 2.04 bits per heavy atom. The first-order valence-electron chi connectivity index (χ1n) is 6.88. The predicted molar refractivity (Wildman–Crippen MR) is 83.1 cm³/mol. The average molecular weight is 313 g/mol. The molecule has 0 radical (unpaired) electrons. The maximum atomic E-state index is 11.0. The highest BCUT2D eigenvalue weighted by Crippen LogP contribution is 2.26. The van der Waals surface area contributed by atoms with E-state index in [-0.39, 0.29) is 5.56 Å². The van der Waals surface area contributed by atoms with Gasteiger partial charge >= 0.3 is 5.97 Å². The minimum atomic E-state index is -1.01. The van der Waals surface area contributed by atoms with Crippen molar-refractivity contribution in [3.63, 3.8) is 0 Å². The van der Waals surface area contributed by atoms with Crippen LogP contribution in [0.1, 0.15) is 15.9 Å². The number of carboxylic acids is 1. The van der Waals surface area contributed by atoms with Crippen molar-refractivity contribution >= 4 is 17.0 Å². The number of methoxy groups -OCH3 is 2. The number of carboxylic acid groups (broad SMARTS) is 1. The third-order valence-electron chi connectivity index (χ3n) is 3.54. The van der Waals surface area contributed by atoms with Gasteiger partial charge in [0.05, 0.1) is 32.5 Å². The van der Waals surface area contributed by atoms with Crippen LogP contribution in [0.4, 0.5) is 0 Å². The summed E-state index contributed by atoms with van der Waals surface area (Å²) in [7, 11) is 3.19. The van der Waals surface area contributed by atoms with Crippen molar-refractivity contribution in [1.29, 1.82) is 0 Å². The van der Waals surface area contributed by atoms with Crippen molar-refractivity contribution in [1.82, 2.24) is 14.8 Å². The van der Waals surface area contributed by atoms with Gasteiger partial charge in [0.25, 0.3) is 0 Å². The number of aromatic nitrogens is 3. The zero-order valence-electron chi connectivity index (χ0n) is 12.7. The third kappa shape index (κ3) is 2.80. The first-order chi connectivity index (χ1) is 11.1. The number of fused-ring (bicyclic) bond motifs is 1. The molecule has 7 heteroatoms. The molecule has 0 amide bonds. The molecule has 1 N–H and O–H groups in total. The lowest BCUT2D eigenvalue weighted by Gasteiger charge is -2.10. The van der Waals surface area contributed by atoms with Gasteiger partial charge < -0.3 is 14.6 Å². The first kappa shape index (κ1) is 14.8. The summed E-state index contributed by atoms with van der Waals surface area (Å²) in [6, 6.07) is 7.10. The molecule has 7 nitrogen and oxygen atoms in total. The highest BCUT2D eigenvalue weighted by molar-refractivity contribution is 5.91. The topological polar surface area (TPSA) is 86.5 Å². The van der Waals surface area contributed by atoms with Gasteiger partial charge in [-0.3, -0.25) is 0 Å². The van der Waals surface area contributed by atoms with Gasteiger partial charge in [-0.05, 0) is 18.2 Å². The second kappa shape index (κ2) is 5.96. The van der Waals surface area contributed by atoms with Crippen LogP contribution in [-0.4, -0.2) is 40.1 Å². The number of carbonyl (C=O) groups is 1. The fraction of sp³-hybridized carbons (Fsp3) is 0.188. The molecule has 0 fully saturated rings. The number of aromatic carboxylic acids is 1. The summed E-state index contributed by atoms with van der Waals surface area (Å²) < 4.78 is 12.3. The molecule has 0 saturated heterocycles. The SMILES string of the molecule is COc1ccc(Cn2ncc3cc(C(=O)O)cnc32)c(OC)c1. The lowest BCUT2D eigenvalue weighted by molar-refractivity contribution is 0.0696. The molecule has 0 bridgehead atoms. The van der Waals surface area contributed by atoms with Crippen molar-refractivity contribution in [2.24, 2.45) is 0 Å². The molecule has 0 saturated carbocycles. The molecule has 0 aliphatic rings. The summed E-state index contributed by atoms with van der Waals surface area (Å²) in [6.45, 7) is 0.454. The lowest BCUT2D eigenvalue weighted by atomic mass is 10.2. The molecule has 118 valence electrons. The normalized spacial score (nSPS) is 10.7. The van der Waals surface area contributed by atoms with E-state index in [9.17, 15) is 4.79 Å². The number of benzene rings is 1. The molecule has 3 aromatic rings. The Bertz CT molecular complexity index is 873. The van der Waals surface area contributed by atoms with E-state index in [0.717, 1.165) is 5.56 Å². The van der Waals surface area contributed by atoms with Crippen molar-refractivity contribution in [2.45, 2.75) is 6.54 Å². The van der Waals surface area contributed by atoms with Crippen LogP contribution >= 0.6 is 0 Å². The fourth-order valence-electron chi connectivity index (χ4n) is 2.35. The number of hydrogen-bond donors (Lipinski definition) is 1. The average Bonchev–Trinajstić information content (AvgIpc) is 2.97. The van der Waals surface area contributed by atoms with Crippen LogP contribution in [0.3, 0.4) is 0 Å². The molecular formula is C16H15N3O4. The highest BCUT2D eigenvalue weighted by Gasteiger charge is 2.12. The molecule has 3 rings (SSSR count). The van der Waals surface area contributed by atoms with Gasteiger partial charge in [0.2, 0.25) is 0 Å². The quantitative estimate of drug-likeness (QED) is 0.777. The number of ether oxygens (including phenoxy) is 2. The zero-order chi connectivity index (χ0) is 16.4. The highest BCUT2D eigenvalue weighted by atomic mass is 16.5. The summed E-state index contributed by atoms with van der Waals surface area (Å²) in [5.41, 5.74) is 1.68. The van der Waals surface area contributed by atoms with E-state index >= 15 is 0 Å². The standard InChI is InChI=1S/C16H15N3O4/c1-22-13-4-3-10(14(6-13)23-2)9-19-15-11(8-18-19)5-12(7-17-15)16(20)21/h3-8H,9H2,1-2H3,(H,20,21). The molecule has 0 aliphatic carbocycles. The van der Waals surface area contributed by atoms with Crippen LogP contribution in [-0.2, 0) is 6.54 Å². The lowest BCUT2D eigenvalue weighted by Crippen LogP contribution is -2.05. The van der Waals surface area contributed by atoms with Crippen LogP contribution in [0, 0.1) is 0 Å². The van der Waals surface area contributed by atoms with Crippen molar-refractivity contribution in [3.05, 3.63) is 47.8 Å². The Kier molecular flexibility index (Phi) is 3.84. The molecule has 1 aromatic carbocycles. The second-order valence-corrected chi connectivity index (χ2v) is 4.92. The molecule has 2 aromatic heterocycles. The van der Waals surface area contributed by atoms with E-state index in [1.165, 1.54) is 6.20 Å². The van der Waals surface area contributed by atoms with Gasteiger partial charge in [-0.1, -0.05) is 0 Å². The minimum Gasteiger partial charge on any atom is -0.497 e. The smallest absolute Gasteiger partial charge is 0.337 e. The van der Waals surface area contributed by atoms with E-state index in [4.69, 9.17) is 14.6 Å². The van der Waals surface area contributed by atoms with E-state index < -0.39 is 5.97 Å². The molecule has 23 heavy (non-hydrogen) atoms. The number of rotatable bonds is 5. The Hall–Kier alpha value is -3.09. The fourth-order valence-corrected chi connectivity index (χ4v) is 2.35. The van der Waals surface area contributed by atoms with Gasteiger partial charge in [0.1, 0.15) is 11.5 Å². The zero-order valence-corrected chi connectivity index (χ0v) is 12.7. The summed E-state index contributed by atoms with van der Waals surface area (Å²) in [4.78, 5) is 15.2. The predicted octanol–water partition coefficient (Wildman–Crippen LogP) is 2.20. The van der Waals surface area contributed by atoms with E-state index in [1.54, 1.807) is 37.2 Å². The second-order valence-electron chi connectivity index (χ2n) is 4.92. The monoisotopic (exact) mass is 313 g/mol. The van der Waals surface area contributed by atoms with Crippen LogP contribution < -0.4 is 9.47 Å². The van der Waals surface area contributed by atoms with Crippen LogP contribution in [0.15, 0.2) is 36.7 Å². The van der Waals surface area contributed by atoms with Gasteiger partial charge in [0, 0.05) is 23.2 Å². The third-order valence-corrected chi connectivity index (χ3v) is 3.54. The van der Waals surface area contributed by atoms with Gasteiger partial charge in [-0.25, -0.2) is 14.5 Å². The molecule has 0 aliphatic heterocycles. The maximum absolute atomic E-state index is 11.0. The Labute approximate surface area is 132 Å². The van der Waals surface area contributed by atoms with Gasteiger partial charge in [-0.15, -0.1) is 0 Å². The van der Waals surface area contributed by atoms with Crippen LogP contribution in [0.25, 0.3) is 11.0 Å². The number of nitrogens with zero attached hydrogens (tertiary/aromatic N) is 3. The molecule has 0 spiro atoms. The largest absolute Gasteiger partial charge is 0.497 e. The van der Waals surface area contributed by atoms with Crippen LogP contribution in [0.5, 0.6) is 11.5 Å². The Morgan fingerprint density at radius 3 is 2.74 bits per heavy atom. The summed E-state index contributed by atoms with van der Waals surface area (Å²) in [6.07, 6.45) is 2.93. The number of hydrogen-bond acceptors (Lipinski definition) is 5. The van der Waals surface area contributed by atoms with E-state index in [2.05, 4.69) is 10.1 Å². The van der Waals surface area contributed by atoms with Crippen molar-refractivity contribution in [2.75, 3.05) is 14.2 Å². The van der Waals surface area contributed by atoms with Gasteiger partial charge in [0.15, 0.2) is 5.65 Å². The van der Waals surface area contributed by atoms with Gasteiger partial charge in [-0.2, -0.15) is 5.10 Å². The Morgan fingerprint density at radius 1 is 1.22 bits per heavy atom. The minimum absolute atomic E-state index is 0.138. The van der Waals surface area contributed by atoms with Crippen molar-refractivity contribution in [3.8, 4) is 11.5 Å². The molecule has 0 unspecified atom stereocenters. The first-order valence-corrected chi connectivity index (χ1v) is 6.88. The molecule has 0 atom stereocenters. The van der Waals surface area contributed by atoms with E-state index in [1.807, 2.05) is 12.1 Å².